The molecule has 2 rings (SSSR count). The van der Waals surface area contributed by atoms with Gasteiger partial charge in [0.05, 0.1) is 23.8 Å². The summed E-state index contributed by atoms with van der Waals surface area (Å²) in [6.07, 6.45) is 0. The minimum atomic E-state index is -0.343. The number of nitrogens with zero attached hydrogens (tertiary/aromatic N) is 2. The summed E-state index contributed by atoms with van der Waals surface area (Å²) in [6.45, 7) is 4.58. The number of rotatable bonds is 5. The average molecular weight is 349 g/mol. The van der Waals surface area contributed by atoms with Gasteiger partial charge in [0.2, 0.25) is 5.91 Å². The Morgan fingerprint density at radius 3 is 2.54 bits per heavy atom. The van der Waals surface area contributed by atoms with Crippen LogP contribution in [-0.2, 0) is 11.3 Å². The molecule has 0 aliphatic rings. The van der Waals surface area contributed by atoms with Crippen LogP contribution in [0.25, 0.3) is 0 Å². The summed E-state index contributed by atoms with van der Waals surface area (Å²) in [4.78, 5) is 21.5. The Kier molecular flexibility index (Phi) is 6.25. The molecule has 0 aliphatic heterocycles. The number of halogens is 1. The van der Waals surface area contributed by atoms with Crippen molar-refractivity contribution in [2.45, 2.75) is 20.4 Å². The predicted molar refractivity (Wildman–Crippen MR) is 94.8 cm³/mol. The fourth-order valence-corrected chi connectivity index (χ4v) is 2.90. The molecule has 8 heteroatoms. The zero-order valence-electron chi connectivity index (χ0n) is 13.8. The third-order valence-electron chi connectivity index (χ3n) is 3.18. The van der Waals surface area contributed by atoms with E-state index in [0.717, 1.165) is 15.6 Å². The molecule has 2 aromatic rings. The van der Waals surface area contributed by atoms with Crippen LogP contribution in [0.5, 0.6) is 0 Å². The van der Waals surface area contributed by atoms with Crippen molar-refractivity contribution in [3.05, 3.63) is 45.7 Å². The molecule has 0 atom stereocenters. The zero-order valence-corrected chi connectivity index (χ0v) is 14.6. The third kappa shape index (κ3) is 5.31. The lowest BCUT2D eigenvalue weighted by atomic mass is 10.3. The molecule has 0 bridgehead atoms. The highest BCUT2D eigenvalue weighted by Gasteiger charge is 2.07. The molecule has 6 nitrogen and oxygen atoms in total. The summed E-state index contributed by atoms with van der Waals surface area (Å²) in [5, 5.41) is 9.78. The Bertz CT molecular complexity index is 727. The van der Waals surface area contributed by atoms with Gasteiger partial charge in [0.1, 0.15) is 5.82 Å². The van der Waals surface area contributed by atoms with Crippen LogP contribution in [0.1, 0.15) is 15.6 Å². The van der Waals surface area contributed by atoms with Gasteiger partial charge < -0.3 is 16.0 Å². The second-order valence-corrected chi connectivity index (χ2v) is 6.36. The highest BCUT2D eigenvalue weighted by Crippen LogP contribution is 2.16. The van der Waals surface area contributed by atoms with Gasteiger partial charge in [-0.25, -0.2) is 9.37 Å². The average Bonchev–Trinajstić information content (AvgIpc) is 2.87. The van der Waals surface area contributed by atoms with E-state index in [0.29, 0.717) is 18.2 Å². The number of thiazole rings is 1. The van der Waals surface area contributed by atoms with Gasteiger partial charge in [-0.2, -0.15) is 0 Å². The van der Waals surface area contributed by atoms with E-state index < -0.39 is 0 Å². The van der Waals surface area contributed by atoms with Crippen molar-refractivity contribution in [2.24, 2.45) is 4.99 Å². The number of aryl methyl sites for hydroxylation is 2. The van der Waals surface area contributed by atoms with Crippen molar-refractivity contribution in [3.8, 4) is 0 Å². The minimum Gasteiger partial charge on any atom is -0.351 e. The number of hydrogen-bond acceptors (Lipinski definition) is 4. The topological polar surface area (TPSA) is 78.4 Å². The van der Waals surface area contributed by atoms with Gasteiger partial charge in [0.15, 0.2) is 5.96 Å². The lowest BCUT2D eigenvalue weighted by molar-refractivity contribution is -0.115. The lowest BCUT2D eigenvalue weighted by Gasteiger charge is -2.11. The summed E-state index contributed by atoms with van der Waals surface area (Å²) in [5.74, 6) is -0.0617. The van der Waals surface area contributed by atoms with Crippen LogP contribution in [-0.4, -0.2) is 30.4 Å². The van der Waals surface area contributed by atoms with E-state index in [1.54, 1.807) is 18.4 Å². The molecule has 1 heterocycles. The van der Waals surface area contributed by atoms with Gasteiger partial charge in [-0.15, -0.1) is 11.3 Å². The molecular formula is C16H20FN5OS. The van der Waals surface area contributed by atoms with E-state index in [2.05, 4.69) is 25.9 Å². The molecular weight excluding hydrogens is 329 g/mol. The number of anilines is 1. The first-order chi connectivity index (χ1) is 11.5. The molecule has 24 heavy (non-hydrogen) atoms. The van der Waals surface area contributed by atoms with E-state index in [1.165, 1.54) is 24.3 Å². The molecule has 3 N–H and O–H groups in total. The molecule has 0 saturated carbocycles. The smallest absolute Gasteiger partial charge is 0.243 e. The number of aromatic nitrogens is 1. The Morgan fingerprint density at radius 1 is 1.25 bits per heavy atom. The number of guanidine groups is 1. The Morgan fingerprint density at radius 2 is 1.96 bits per heavy atom. The van der Waals surface area contributed by atoms with Crippen molar-refractivity contribution < 1.29 is 9.18 Å². The molecule has 1 aromatic carbocycles. The molecule has 0 radical (unpaired) electrons. The number of aliphatic imine (C=N–C) groups is 1. The van der Waals surface area contributed by atoms with Crippen molar-refractivity contribution in [2.75, 3.05) is 18.9 Å². The van der Waals surface area contributed by atoms with Gasteiger partial charge >= 0.3 is 0 Å². The summed E-state index contributed by atoms with van der Waals surface area (Å²) < 4.78 is 12.8. The van der Waals surface area contributed by atoms with Gasteiger partial charge in [-0.05, 0) is 38.1 Å². The second kappa shape index (κ2) is 8.39. The largest absolute Gasteiger partial charge is 0.351 e. The fourth-order valence-electron chi connectivity index (χ4n) is 2.02. The molecule has 0 spiro atoms. The van der Waals surface area contributed by atoms with Gasteiger partial charge in [-0.1, -0.05) is 0 Å². The summed E-state index contributed by atoms with van der Waals surface area (Å²) in [7, 11) is 1.64. The van der Waals surface area contributed by atoms with Crippen molar-refractivity contribution in [1.29, 1.82) is 0 Å². The Labute approximate surface area is 144 Å². The predicted octanol–water partition coefficient (Wildman–Crippen LogP) is 2.20. The number of nitrogens with one attached hydrogen (secondary N) is 3. The van der Waals surface area contributed by atoms with E-state index in [4.69, 9.17) is 0 Å². The number of carbonyl (C=O) groups is 1. The quantitative estimate of drug-likeness (QED) is 0.571. The van der Waals surface area contributed by atoms with Crippen molar-refractivity contribution in [3.63, 3.8) is 0 Å². The highest BCUT2D eigenvalue weighted by atomic mass is 32.1. The summed E-state index contributed by atoms with van der Waals surface area (Å²) in [6, 6.07) is 5.61. The molecule has 1 aromatic heterocycles. The van der Waals surface area contributed by atoms with Gasteiger partial charge in [0.25, 0.3) is 0 Å². The summed E-state index contributed by atoms with van der Waals surface area (Å²) >= 11 is 1.63. The van der Waals surface area contributed by atoms with Crippen LogP contribution >= 0.6 is 11.3 Å². The van der Waals surface area contributed by atoms with Crippen LogP contribution in [0.3, 0.4) is 0 Å². The van der Waals surface area contributed by atoms with Crippen molar-refractivity contribution >= 4 is 28.9 Å². The van der Waals surface area contributed by atoms with Crippen LogP contribution in [0.4, 0.5) is 10.1 Å². The SMILES string of the molecule is CN=C(NCC(=O)Nc1ccc(F)cc1)NCc1sc(C)nc1C. The minimum absolute atomic E-state index is 0.0533. The first kappa shape index (κ1) is 17.9. The number of amides is 1. The molecule has 0 fully saturated rings. The Hall–Kier alpha value is -2.48. The third-order valence-corrected chi connectivity index (χ3v) is 4.26. The fraction of sp³-hybridized carbons (Fsp3) is 0.312. The lowest BCUT2D eigenvalue weighted by Crippen LogP contribution is -2.41. The first-order valence-electron chi connectivity index (χ1n) is 7.40. The second-order valence-electron chi connectivity index (χ2n) is 5.08. The zero-order chi connectivity index (χ0) is 17.5. The van der Waals surface area contributed by atoms with Gasteiger partial charge in [0, 0.05) is 17.6 Å². The molecule has 1 amide bonds. The number of carbonyl (C=O) groups excluding carboxylic acids is 1. The van der Waals surface area contributed by atoms with Crippen LogP contribution < -0.4 is 16.0 Å². The monoisotopic (exact) mass is 349 g/mol. The normalized spacial score (nSPS) is 11.2. The Balaban J connectivity index is 1.79. The number of benzene rings is 1. The van der Waals surface area contributed by atoms with Crippen LogP contribution in [0.2, 0.25) is 0 Å². The maximum absolute atomic E-state index is 12.8. The maximum atomic E-state index is 12.8. The molecule has 0 aliphatic carbocycles. The first-order valence-corrected chi connectivity index (χ1v) is 8.22. The van der Waals surface area contributed by atoms with E-state index in [1.807, 2.05) is 13.8 Å². The maximum Gasteiger partial charge on any atom is 0.243 e. The molecule has 128 valence electrons. The van der Waals surface area contributed by atoms with E-state index >= 15 is 0 Å². The van der Waals surface area contributed by atoms with Gasteiger partial charge in [-0.3, -0.25) is 9.79 Å². The summed E-state index contributed by atoms with van der Waals surface area (Å²) in [5.41, 5.74) is 1.54. The molecule has 0 unspecified atom stereocenters. The van der Waals surface area contributed by atoms with Crippen LogP contribution in [0, 0.1) is 19.7 Å². The standard InChI is InChI=1S/C16H20FN5OS/c1-10-14(24-11(2)21-10)8-19-16(18-3)20-9-15(23)22-13-6-4-12(17)5-7-13/h4-7H,8-9H2,1-3H3,(H,22,23)(H2,18,19,20). The number of hydrogen-bond donors (Lipinski definition) is 3. The van der Waals surface area contributed by atoms with E-state index in [9.17, 15) is 9.18 Å². The highest BCUT2D eigenvalue weighted by molar-refractivity contribution is 7.11. The van der Waals surface area contributed by atoms with Crippen LogP contribution in [0.15, 0.2) is 29.3 Å². The van der Waals surface area contributed by atoms with E-state index in [-0.39, 0.29) is 18.3 Å². The van der Waals surface area contributed by atoms with Crippen molar-refractivity contribution in [1.82, 2.24) is 15.6 Å². The molecule has 0 saturated heterocycles.